The minimum Gasteiger partial charge on any atom is -0.483 e. The second-order valence-corrected chi connectivity index (χ2v) is 5.02. The van der Waals surface area contributed by atoms with Crippen molar-refractivity contribution in [1.29, 1.82) is 0 Å². The summed E-state index contributed by atoms with van der Waals surface area (Å²) in [6, 6.07) is 6.48. The summed E-state index contributed by atoms with van der Waals surface area (Å²) >= 11 is 0. The topological polar surface area (TPSA) is 95.9 Å². The average Bonchev–Trinajstić information content (AvgIpc) is 2.49. The van der Waals surface area contributed by atoms with Gasteiger partial charge in [0.05, 0.1) is 11.5 Å². The number of carbonyl (C=O) groups is 3. The van der Waals surface area contributed by atoms with Crippen LogP contribution in [-0.2, 0) is 9.59 Å². The number of para-hydroxylation sites is 1. The molecule has 0 radical (unpaired) electrons. The van der Waals surface area contributed by atoms with Crippen molar-refractivity contribution in [3.63, 3.8) is 0 Å². The molecule has 0 fully saturated rings. The molecule has 0 aliphatic carbocycles. The van der Waals surface area contributed by atoms with Crippen molar-refractivity contribution in [3.8, 4) is 5.75 Å². The summed E-state index contributed by atoms with van der Waals surface area (Å²) < 4.78 is 5.37. The molecule has 0 aliphatic heterocycles. The normalized spacial score (nSPS) is 11.4. The van der Waals surface area contributed by atoms with Crippen LogP contribution < -0.4 is 10.1 Å². The van der Waals surface area contributed by atoms with Gasteiger partial charge < -0.3 is 20.1 Å². The van der Waals surface area contributed by atoms with E-state index in [-0.39, 0.29) is 30.4 Å². The average molecular weight is 308 g/mol. The minimum atomic E-state index is -0.985. The number of aliphatic carboxylic acids is 1. The molecule has 7 heteroatoms. The molecule has 1 aromatic carbocycles. The molecule has 2 N–H and O–H groups in total. The van der Waals surface area contributed by atoms with Gasteiger partial charge in [0.1, 0.15) is 5.75 Å². The molecule has 0 bridgehead atoms. The van der Waals surface area contributed by atoms with E-state index in [0.717, 1.165) is 0 Å². The first kappa shape index (κ1) is 17.5. The van der Waals surface area contributed by atoms with Crippen LogP contribution in [0.15, 0.2) is 24.3 Å². The van der Waals surface area contributed by atoms with E-state index in [1.807, 2.05) is 0 Å². The number of rotatable bonds is 7. The molecule has 7 nitrogen and oxygen atoms in total. The highest BCUT2D eigenvalue weighted by Crippen LogP contribution is 2.18. The number of nitrogens with one attached hydrogen (secondary N) is 1. The number of ether oxygens (including phenoxy) is 1. The number of likely N-dealkylation sites (N-methyl/N-ethyl adjacent to an activating group) is 1. The first-order valence-electron chi connectivity index (χ1n) is 6.76. The monoisotopic (exact) mass is 308 g/mol. The maximum absolute atomic E-state index is 12.1. The Morgan fingerprint density at radius 2 is 1.91 bits per heavy atom. The van der Waals surface area contributed by atoms with Crippen LogP contribution in [0.5, 0.6) is 5.75 Å². The van der Waals surface area contributed by atoms with E-state index in [9.17, 15) is 14.4 Å². The Kier molecular flexibility index (Phi) is 6.37. The smallest absolute Gasteiger partial charge is 0.308 e. The van der Waals surface area contributed by atoms with Crippen molar-refractivity contribution in [2.45, 2.75) is 6.92 Å². The molecule has 2 amide bonds. The SMILES string of the molecule is CC(CNC(=O)c1ccccc1OCC(=O)N(C)C)C(=O)O. The van der Waals surface area contributed by atoms with E-state index < -0.39 is 17.8 Å². The quantitative estimate of drug-likeness (QED) is 0.769. The number of carboxylic acids is 1. The van der Waals surface area contributed by atoms with Gasteiger partial charge >= 0.3 is 5.97 Å². The fourth-order valence-electron chi connectivity index (χ4n) is 1.48. The molecular formula is C15H20N2O5. The Labute approximate surface area is 128 Å². The predicted octanol–water partition coefficient (Wildman–Crippen LogP) is 0.604. The third kappa shape index (κ3) is 5.08. The number of amides is 2. The molecule has 0 spiro atoms. The van der Waals surface area contributed by atoms with E-state index in [1.165, 1.54) is 11.8 Å². The molecule has 120 valence electrons. The van der Waals surface area contributed by atoms with Crippen LogP contribution in [0.25, 0.3) is 0 Å². The molecule has 1 rings (SSSR count). The Morgan fingerprint density at radius 1 is 1.27 bits per heavy atom. The zero-order valence-electron chi connectivity index (χ0n) is 12.8. The van der Waals surface area contributed by atoms with E-state index in [4.69, 9.17) is 9.84 Å². The zero-order chi connectivity index (χ0) is 16.7. The largest absolute Gasteiger partial charge is 0.483 e. The van der Waals surface area contributed by atoms with Gasteiger partial charge in [-0.1, -0.05) is 19.1 Å². The summed E-state index contributed by atoms with van der Waals surface area (Å²) in [4.78, 5) is 35.7. The lowest BCUT2D eigenvalue weighted by Gasteiger charge is -2.14. The van der Waals surface area contributed by atoms with Gasteiger partial charge in [0.2, 0.25) is 0 Å². The van der Waals surface area contributed by atoms with Crippen LogP contribution >= 0.6 is 0 Å². The molecular weight excluding hydrogens is 288 g/mol. The highest BCUT2D eigenvalue weighted by Gasteiger charge is 2.16. The molecule has 0 saturated heterocycles. The lowest BCUT2D eigenvalue weighted by molar-refractivity contribution is -0.140. The summed E-state index contributed by atoms with van der Waals surface area (Å²) in [5.41, 5.74) is 0.256. The van der Waals surface area contributed by atoms with Crippen LogP contribution in [-0.4, -0.2) is 55.0 Å². The van der Waals surface area contributed by atoms with Gasteiger partial charge in [-0.15, -0.1) is 0 Å². The second kappa shape index (κ2) is 8.02. The summed E-state index contributed by atoms with van der Waals surface area (Å²) in [5.74, 6) is -2.07. The van der Waals surface area contributed by atoms with Gasteiger partial charge in [-0.05, 0) is 12.1 Å². The lowest BCUT2D eigenvalue weighted by Crippen LogP contribution is -2.32. The predicted molar refractivity (Wildman–Crippen MR) is 79.8 cm³/mol. The molecule has 1 unspecified atom stereocenters. The van der Waals surface area contributed by atoms with Crippen LogP contribution in [0.3, 0.4) is 0 Å². The van der Waals surface area contributed by atoms with E-state index in [0.29, 0.717) is 0 Å². The van der Waals surface area contributed by atoms with Crippen molar-refractivity contribution in [3.05, 3.63) is 29.8 Å². The molecule has 0 aliphatic rings. The third-order valence-electron chi connectivity index (χ3n) is 2.97. The zero-order valence-corrected chi connectivity index (χ0v) is 12.8. The van der Waals surface area contributed by atoms with Crippen molar-refractivity contribution in [2.24, 2.45) is 5.92 Å². The maximum atomic E-state index is 12.1. The Balaban J connectivity index is 2.72. The lowest BCUT2D eigenvalue weighted by atomic mass is 10.1. The van der Waals surface area contributed by atoms with Crippen LogP contribution in [0.2, 0.25) is 0 Å². The molecule has 1 aromatic rings. The Bertz CT molecular complexity index is 557. The van der Waals surface area contributed by atoms with Crippen LogP contribution in [0.1, 0.15) is 17.3 Å². The standard InChI is InChI=1S/C15H20N2O5/c1-10(15(20)21)8-16-14(19)11-6-4-5-7-12(11)22-9-13(18)17(2)3/h4-7,10H,8-9H2,1-3H3,(H,16,19)(H,20,21). The summed E-state index contributed by atoms with van der Waals surface area (Å²) in [6.45, 7) is 1.34. The van der Waals surface area contributed by atoms with Gasteiger partial charge in [0, 0.05) is 20.6 Å². The maximum Gasteiger partial charge on any atom is 0.308 e. The van der Waals surface area contributed by atoms with Crippen molar-refractivity contribution < 1.29 is 24.2 Å². The van der Waals surface area contributed by atoms with Crippen molar-refractivity contribution in [2.75, 3.05) is 27.2 Å². The number of benzene rings is 1. The minimum absolute atomic E-state index is 0.0130. The third-order valence-corrected chi connectivity index (χ3v) is 2.97. The Morgan fingerprint density at radius 3 is 2.50 bits per heavy atom. The van der Waals surface area contributed by atoms with Crippen LogP contribution in [0, 0.1) is 5.92 Å². The summed E-state index contributed by atoms with van der Waals surface area (Å²) in [6.07, 6.45) is 0. The first-order valence-corrected chi connectivity index (χ1v) is 6.76. The summed E-state index contributed by atoms with van der Waals surface area (Å²) in [7, 11) is 3.22. The number of hydrogen-bond acceptors (Lipinski definition) is 4. The fraction of sp³-hybridized carbons (Fsp3) is 0.400. The molecule has 0 aromatic heterocycles. The Hall–Kier alpha value is -2.57. The van der Waals surface area contributed by atoms with E-state index in [2.05, 4.69) is 5.32 Å². The van der Waals surface area contributed by atoms with Gasteiger partial charge in [-0.3, -0.25) is 14.4 Å². The van der Waals surface area contributed by atoms with Gasteiger partial charge in [-0.2, -0.15) is 0 Å². The van der Waals surface area contributed by atoms with Gasteiger partial charge in [0.25, 0.3) is 11.8 Å². The van der Waals surface area contributed by atoms with Crippen LogP contribution in [0.4, 0.5) is 0 Å². The van der Waals surface area contributed by atoms with E-state index in [1.54, 1.807) is 38.4 Å². The molecule has 0 saturated carbocycles. The number of carbonyl (C=O) groups excluding carboxylic acids is 2. The second-order valence-electron chi connectivity index (χ2n) is 5.02. The van der Waals surface area contributed by atoms with E-state index >= 15 is 0 Å². The first-order chi connectivity index (χ1) is 10.3. The van der Waals surface area contributed by atoms with Gasteiger partial charge in [-0.25, -0.2) is 0 Å². The van der Waals surface area contributed by atoms with Crippen molar-refractivity contribution in [1.82, 2.24) is 10.2 Å². The summed E-state index contributed by atoms with van der Waals surface area (Å²) in [5, 5.41) is 11.3. The number of carboxylic acid groups (broad SMARTS) is 1. The highest BCUT2D eigenvalue weighted by molar-refractivity contribution is 5.97. The molecule has 1 atom stereocenters. The van der Waals surface area contributed by atoms with Crippen molar-refractivity contribution >= 4 is 17.8 Å². The molecule has 0 heterocycles. The molecule has 22 heavy (non-hydrogen) atoms. The van der Waals surface area contributed by atoms with Gasteiger partial charge in [0.15, 0.2) is 6.61 Å². The highest BCUT2D eigenvalue weighted by atomic mass is 16.5. The number of hydrogen-bond donors (Lipinski definition) is 2. The number of nitrogens with zero attached hydrogens (tertiary/aromatic N) is 1. The fourth-order valence-corrected chi connectivity index (χ4v) is 1.48.